The van der Waals surface area contributed by atoms with Crippen LogP contribution in [-0.4, -0.2) is 25.0 Å². The number of aryl methyl sites for hydroxylation is 2. The van der Waals surface area contributed by atoms with Crippen LogP contribution >= 0.6 is 0 Å². The first-order valence-electron chi connectivity index (χ1n) is 7.61. The Hall–Kier alpha value is -1.35. The van der Waals surface area contributed by atoms with E-state index in [0.29, 0.717) is 18.5 Å². The van der Waals surface area contributed by atoms with Crippen LogP contribution in [0, 0.1) is 13.8 Å². The van der Waals surface area contributed by atoms with E-state index in [1.54, 1.807) is 0 Å². The Bertz CT molecular complexity index is 462. The smallest absolute Gasteiger partial charge is 0.224 e. The predicted octanol–water partition coefficient (Wildman–Crippen LogP) is 2.49. The molecule has 1 amide bonds. The third-order valence-corrected chi connectivity index (χ3v) is 4.36. The summed E-state index contributed by atoms with van der Waals surface area (Å²) in [6, 6.07) is 7.29. The second-order valence-electron chi connectivity index (χ2n) is 6.01. The van der Waals surface area contributed by atoms with Crippen LogP contribution < -0.4 is 10.6 Å². The number of carbonyl (C=O) groups excluding carboxylic acids is 1. The number of carbonyl (C=O) groups is 1. The zero-order valence-corrected chi connectivity index (χ0v) is 12.8. The molecular formula is C17H26N2O. The van der Waals surface area contributed by atoms with Crippen LogP contribution in [0.2, 0.25) is 0 Å². The molecule has 0 aliphatic heterocycles. The van der Waals surface area contributed by atoms with Gasteiger partial charge in [0.15, 0.2) is 0 Å². The summed E-state index contributed by atoms with van der Waals surface area (Å²) in [5, 5.41) is 6.51. The summed E-state index contributed by atoms with van der Waals surface area (Å²) in [7, 11) is 2.02. The van der Waals surface area contributed by atoms with Gasteiger partial charge in [0.2, 0.25) is 5.91 Å². The predicted molar refractivity (Wildman–Crippen MR) is 82.9 cm³/mol. The molecule has 1 aromatic rings. The largest absolute Gasteiger partial charge is 0.353 e. The molecule has 0 bridgehead atoms. The quantitative estimate of drug-likeness (QED) is 0.885. The van der Waals surface area contributed by atoms with Gasteiger partial charge in [0.1, 0.15) is 0 Å². The van der Waals surface area contributed by atoms with Gasteiger partial charge in [-0.1, -0.05) is 23.8 Å². The maximum Gasteiger partial charge on any atom is 0.224 e. The Morgan fingerprint density at radius 2 is 1.80 bits per heavy atom. The van der Waals surface area contributed by atoms with Gasteiger partial charge in [-0.3, -0.25) is 4.79 Å². The second kappa shape index (κ2) is 6.89. The maximum atomic E-state index is 12.2. The molecule has 110 valence electrons. The fraction of sp³-hybridized carbons (Fsp3) is 0.588. The van der Waals surface area contributed by atoms with E-state index in [0.717, 1.165) is 31.2 Å². The van der Waals surface area contributed by atoms with Crippen LogP contribution in [0.15, 0.2) is 18.2 Å². The minimum atomic E-state index is 0.159. The van der Waals surface area contributed by atoms with E-state index in [1.165, 1.54) is 11.1 Å². The molecule has 1 aliphatic rings. The monoisotopic (exact) mass is 274 g/mol. The van der Waals surface area contributed by atoms with Crippen molar-refractivity contribution in [2.75, 3.05) is 7.05 Å². The highest BCUT2D eigenvalue weighted by Gasteiger charge is 2.21. The Kier molecular flexibility index (Phi) is 5.18. The van der Waals surface area contributed by atoms with Crippen LogP contribution in [-0.2, 0) is 11.2 Å². The number of benzene rings is 1. The number of amides is 1. The lowest BCUT2D eigenvalue weighted by Gasteiger charge is -2.28. The first-order chi connectivity index (χ1) is 9.58. The van der Waals surface area contributed by atoms with Crippen LogP contribution in [0.3, 0.4) is 0 Å². The summed E-state index contributed by atoms with van der Waals surface area (Å²) in [6.07, 6.45) is 4.99. The molecule has 0 heterocycles. The molecule has 1 aromatic carbocycles. The summed E-state index contributed by atoms with van der Waals surface area (Å²) in [5.41, 5.74) is 3.56. The zero-order valence-electron chi connectivity index (χ0n) is 12.8. The van der Waals surface area contributed by atoms with E-state index < -0.39 is 0 Å². The first kappa shape index (κ1) is 15.0. The molecule has 1 saturated carbocycles. The topological polar surface area (TPSA) is 41.1 Å². The molecule has 3 nitrogen and oxygen atoms in total. The van der Waals surface area contributed by atoms with Gasteiger partial charge in [0.05, 0.1) is 6.42 Å². The van der Waals surface area contributed by atoms with E-state index in [2.05, 4.69) is 42.7 Å². The van der Waals surface area contributed by atoms with Gasteiger partial charge < -0.3 is 10.6 Å². The average molecular weight is 274 g/mol. The lowest BCUT2D eigenvalue weighted by molar-refractivity contribution is -0.121. The number of hydrogen-bond acceptors (Lipinski definition) is 2. The van der Waals surface area contributed by atoms with Crippen molar-refractivity contribution in [2.45, 2.75) is 58.0 Å². The minimum Gasteiger partial charge on any atom is -0.353 e. The highest BCUT2D eigenvalue weighted by atomic mass is 16.1. The summed E-state index contributed by atoms with van der Waals surface area (Å²) in [4.78, 5) is 12.2. The van der Waals surface area contributed by atoms with Crippen molar-refractivity contribution in [3.05, 3.63) is 34.9 Å². The summed E-state index contributed by atoms with van der Waals surface area (Å²) in [5.74, 6) is 0.159. The summed E-state index contributed by atoms with van der Waals surface area (Å²) >= 11 is 0. The number of rotatable bonds is 4. The lowest BCUT2D eigenvalue weighted by atomic mass is 9.91. The van der Waals surface area contributed by atoms with Crippen molar-refractivity contribution in [3.8, 4) is 0 Å². The number of hydrogen-bond donors (Lipinski definition) is 2. The molecule has 0 atom stereocenters. The SMILES string of the molecule is CNC1CCC(NC(=O)Cc2cc(C)ccc2C)CC1. The van der Waals surface area contributed by atoms with Crippen LogP contribution in [0.1, 0.15) is 42.4 Å². The summed E-state index contributed by atoms with van der Waals surface area (Å²) in [6.45, 7) is 4.14. The van der Waals surface area contributed by atoms with Crippen LogP contribution in [0.4, 0.5) is 0 Å². The van der Waals surface area contributed by atoms with Gasteiger partial charge >= 0.3 is 0 Å². The van der Waals surface area contributed by atoms with Crippen LogP contribution in [0.25, 0.3) is 0 Å². The standard InChI is InChI=1S/C17H26N2O/c1-12-4-5-13(2)14(10-12)11-17(20)19-16-8-6-15(18-3)7-9-16/h4-5,10,15-16,18H,6-9,11H2,1-3H3,(H,19,20). The molecular weight excluding hydrogens is 248 g/mol. The van der Waals surface area contributed by atoms with Crippen molar-refractivity contribution in [1.82, 2.24) is 10.6 Å². The molecule has 20 heavy (non-hydrogen) atoms. The first-order valence-corrected chi connectivity index (χ1v) is 7.61. The molecule has 2 N–H and O–H groups in total. The van der Waals surface area contributed by atoms with Gasteiger partial charge in [0, 0.05) is 12.1 Å². The summed E-state index contributed by atoms with van der Waals surface area (Å²) < 4.78 is 0. The fourth-order valence-electron chi connectivity index (χ4n) is 2.97. The Morgan fingerprint density at radius 3 is 2.45 bits per heavy atom. The van der Waals surface area contributed by atoms with E-state index in [9.17, 15) is 4.79 Å². The molecule has 3 heteroatoms. The second-order valence-corrected chi connectivity index (χ2v) is 6.01. The number of nitrogens with one attached hydrogen (secondary N) is 2. The Morgan fingerprint density at radius 1 is 1.15 bits per heavy atom. The molecule has 0 radical (unpaired) electrons. The van der Waals surface area contributed by atoms with Gasteiger partial charge in [-0.2, -0.15) is 0 Å². The van der Waals surface area contributed by atoms with Gasteiger partial charge in [-0.15, -0.1) is 0 Å². The lowest BCUT2D eigenvalue weighted by Crippen LogP contribution is -2.41. The van der Waals surface area contributed by atoms with E-state index in [4.69, 9.17) is 0 Å². The van der Waals surface area contributed by atoms with Gasteiger partial charge in [0.25, 0.3) is 0 Å². The average Bonchev–Trinajstić information content (AvgIpc) is 2.43. The Labute approximate surface area is 122 Å². The molecule has 1 fully saturated rings. The third kappa shape index (κ3) is 4.07. The van der Waals surface area contributed by atoms with E-state index in [-0.39, 0.29) is 5.91 Å². The molecule has 1 aliphatic carbocycles. The molecule has 0 saturated heterocycles. The van der Waals surface area contributed by atoms with Crippen molar-refractivity contribution >= 4 is 5.91 Å². The fourth-order valence-corrected chi connectivity index (χ4v) is 2.97. The molecule has 0 spiro atoms. The van der Waals surface area contributed by atoms with Crippen molar-refractivity contribution in [2.24, 2.45) is 0 Å². The van der Waals surface area contributed by atoms with Crippen molar-refractivity contribution in [1.29, 1.82) is 0 Å². The van der Waals surface area contributed by atoms with Crippen molar-refractivity contribution < 1.29 is 4.79 Å². The highest BCUT2D eigenvalue weighted by Crippen LogP contribution is 2.18. The normalized spacial score (nSPS) is 22.6. The van der Waals surface area contributed by atoms with E-state index >= 15 is 0 Å². The molecule has 2 rings (SSSR count). The minimum absolute atomic E-state index is 0.159. The third-order valence-electron chi connectivity index (χ3n) is 4.36. The molecule has 0 aromatic heterocycles. The highest BCUT2D eigenvalue weighted by molar-refractivity contribution is 5.79. The van der Waals surface area contributed by atoms with E-state index in [1.807, 2.05) is 7.05 Å². The van der Waals surface area contributed by atoms with Gasteiger partial charge in [-0.25, -0.2) is 0 Å². The Balaban J connectivity index is 1.85. The van der Waals surface area contributed by atoms with Gasteiger partial charge in [-0.05, 0) is 57.7 Å². The van der Waals surface area contributed by atoms with Crippen LogP contribution in [0.5, 0.6) is 0 Å². The zero-order chi connectivity index (χ0) is 14.5. The molecule has 0 unspecified atom stereocenters. The maximum absolute atomic E-state index is 12.2. The van der Waals surface area contributed by atoms with Crippen molar-refractivity contribution in [3.63, 3.8) is 0 Å².